The van der Waals surface area contributed by atoms with Crippen LogP contribution in [0.5, 0.6) is 0 Å². The van der Waals surface area contributed by atoms with Gasteiger partial charge >= 0.3 is 0 Å². The van der Waals surface area contributed by atoms with Crippen molar-refractivity contribution in [3.8, 4) is 0 Å². The maximum Gasteiger partial charge on any atom is 0.295 e. The molecule has 1 aliphatic rings. The van der Waals surface area contributed by atoms with Crippen LogP contribution in [0, 0.1) is 16.8 Å². The molecule has 2 heterocycles. The lowest BCUT2D eigenvalue weighted by Crippen LogP contribution is -2.36. The van der Waals surface area contributed by atoms with E-state index in [1.807, 2.05) is 4.90 Å². The molecule has 4 aromatic rings. The Balaban J connectivity index is 1.78. The summed E-state index contributed by atoms with van der Waals surface area (Å²) in [5.74, 6) is -1.11. The Morgan fingerprint density at radius 2 is 1.46 bits per heavy atom. The highest BCUT2D eigenvalue weighted by Crippen LogP contribution is 2.36. The Labute approximate surface area is 253 Å². The SMILES string of the molecule is [O-][N+](=C(C=[N+](O)c1c(Br)cc(F)cc1Br)c1cc(N2CCOCC2)c2nonc2c1)c1c(Br)cc(F)cc1Br. The quantitative estimate of drug-likeness (QED) is 0.0779. The van der Waals surface area contributed by atoms with Crippen LogP contribution < -0.4 is 4.90 Å². The van der Waals surface area contributed by atoms with Crippen molar-refractivity contribution in [2.24, 2.45) is 0 Å². The standard InChI is InChI=1S/C24H16Br4F2N5O4/c25-15-7-13(29)8-16(26)23(15)34(36)11-21(35(37)24-17(27)9-14(30)10-18(24)28)12-5-19-22(32-39-31-19)20(6-12)33-1-3-38-4-2-33/h5-11,36H,1-4H2/q+1. The molecule has 1 aromatic heterocycles. The summed E-state index contributed by atoms with van der Waals surface area (Å²) in [4.78, 5) is 2.03. The molecule has 0 amide bonds. The first-order chi connectivity index (χ1) is 18.6. The number of halogens is 6. The van der Waals surface area contributed by atoms with Crippen LogP contribution in [0.15, 0.2) is 58.9 Å². The number of anilines is 1. The van der Waals surface area contributed by atoms with Crippen LogP contribution in [0.2, 0.25) is 0 Å². The Hall–Kier alpha value is -2.46. The van der Waals surface area contributed by atoms with E-state index in [1.54, 1.807) is 12.1 Å². The molecule has 0 unspecified atom stereocenters. The van der Waals surface area contributed by atoms with Gasteiger partial charge in [0.05, 0.1) is 42.4 Å². The summed E-state index contributed by atoms with van der Waals surface area (Å²) < 4.78 is 40.4. The molecule has 39 heavy (non-hydrogen) atoms. The van der Waals surface area contributed by atoms with Crippen LogP contribution in [0.25, 0.3) is 11.0 Å². The highest BCUT2D eigenvalue weighted by atomic mass is 79.9. The molecule has 1 N–H and O–H groups in total. The van der Waals surface area contributed by atoms with Gasteiger partial charge in [-0.2, -0.15) is 4.74 Å². The normalized spacial score (nSPS) is 15.1. The van der Waals surface area contributed by atoms with Gasteiger partial charge in [0.1, 0.15) is 17.2 Å². The Kier molecular flexibility index (Phi) is 8.33. The molecule has 15 heteroatoms. The fraction of sp³-hybridized carbons (Fsp3) is 0.167. The van der Waals surface area contributed by atoms with E-state index in [1.165, 1.54) is 12.1 Å². The molecule has 0 aliphatic carbocycles. The molecule has 1 aliphatic heterocycles. The van der Waals surface area contributed by atoms with E-state index in [0.717, 1.165) is 18.3 Å². The van der Waals surface area contributed by atoms with Gasteiger partial charge in [0, 0.05) is 17.8 Å². The second kappa shape index (κ2) is 11.6. The van der Waals surface area contributed by atoms with Gasteiger partial charge in [-0.3, -0.25) is 5.21 Å². The van der Waals surface area contributed by atoms with Crippen molar-refractivity contribution >= 4 is 104 Å². The van der Waals surface area contributed by atoms with Gasteiger partial charge in [0.2, 0.25) is 5.69 Å². The lowest BCUT2D eigenvalue weighted by molar-refractivity contribution is -0.709. The number of nitrogens with zero attached hydrogens (tertiary/aromatic N) is 5. The van der Waals surface area contributed by atoms with Crippen LogP contribution in [0.3, 0.4) is 0 Å². The zero-order chi connectivity index (χ0) is 27.8. The molecule has 0 spiro atoms. The largest absolute Gasteiger partial charge is 0.618 e. The van der Waals surface area contributed by atoms with Crippen molar-refractivity contribution in [2.75, 3.05) is 31.2 Å². The van der Waals surface area contributed by atoms with Gasteiger partial charge in [-0.25, -0.2) is 13.4 Å². The molecule has 0 saturated carbocycles. The number of benzene rings is 3. The van der Waals surface area contributed by atoms with Gasteiger partial charge in [-0.1, -0.05) is 0 Å². The first-order valence-corrected chi connectivity index (χ1v) is 14.4. The van der Waals surface area contributed by atoms with Gasteiger partial charge in [-0.05, 0) is 110 Å². The topological polar surface area (TPSA) is 101 Å². The predicted octanol–water partition coefficient (Wildman–Crippen LogP) is 6.82. The van der Waals surface area contributed by atoms with Crippen molar-refractivity contribution in [1.29, 1.82) is 0 Å². The van der Waals surface area contributed by atoms with Crippen molar-refractivity contribution in [3.05, 3.63) is 76.7 Å². The second-order valence-electron chi connectivity index (χ2n) is 8.32. The molecule has 1 saturated heterocycles. The van der Waals surface area contributed by atoms with Gasteiger partial charge < -0.3 is 14.8 Å². The summed E-state index contributed by atoms with van der Waals surface area (Å²) in [6, 6.07) is 7.95. The highest BCUT2D eigenvalue weighted by molar-refractivity contribution is 9.11. The molecule has 3 aromatic carbocycles. The first-order valence-electron chi connectivity index (χ1n) is 11.2. The van der Waals surface area contributed by atoms with Crippen LogP contribution >= 0.6 is 63.7 Å². The highest BCUT2D eigenvalue weighted by Gasteiger charge is 2.29. The fourth-order valence-electron chi connectivity index (χ4n) is 4.09. The molecule has 9 nitrogen and oxygen atoms in total. The summed E-state index contributed by atoms with van der Waals surface area (Å²) in [6.07, 6.45) is 1.16. The zero-order valence-corrected chi connectivity index (χ0v) is 25.9. The van der Waals surface area contributed by atoms with Crippen LogP contribution in [0.4, 0.5) is 25.8 Å². The van der Waals surface area contributed by atoms with Gasteiger partial charge in [-0.15, -0.1) is 0 Å². The lowest BCUT2D eigenvalue weighted by atomic mass is 10.1. The number of hydrogen-bond donors (Lipinski definition) is 1. The lowest BCUT2D eigenvalue weighted by Gasteiger charge is -2.28. The van der Waals surface area contributed by atoms with Crippen molar-refractivity contribution in [1.82, 2.24) is 10.3 Å². The molecular formula is C24H16Br4F2N5O4+. The minimum Gasteiger partial charge on any atom is -0.618 e. The number of hydrogen-bond acceptors (Lipinski definition) is 7. The number of morpholine rings is 1. The third-order valence-electron chi connectivity index (χ3n) is 5.85. The average molecular weight is 796 g/mol. The van der Waals surface area contributed by atoms with Gasteiger partial charge in [0.25, 0.3) is 17.6 Å². The van der Waals surface area contributed by atoms with Crippen molar-refractivity contribution in [3.63, 3.8) is 0 Å². The summed E-state index contributed by atoms with van der Waals surface area (Å²) in [5.41, 5.74) is 1.97. The average Bonchev–Trinajstić information content (AvgIpc) is 3.35. The van der Waals surface area contributed by atoms with Crippen molar-refractivity contribution in [2.45, 2.75) is 0 Å². The third-order valence-corrected chi connectivity index (χ3v) is 8.27. The van der Waals surface area contributed by atoms with E-state index in [0.29, 0.717) is 58.1 Å². The zero-order valence-electron chi connectivity index (χ0n) is 19.5. The summed E-state index contributed by atoms with van der Waals surface area (Å²) in [7, 11) is 0. The minimum atomic E-state index is -0.566. The Morgan fingerprint density at radius 1 is 0.897 bits per heavy atom. The van der Waals surface area contributed by atoms with E-state index >= 15 is 0 Å². The van der Waals surface area contributed by atoms with E-state index in [4.69, 9.17) is 9.37 Å². The second-order valence-corrected chi connectivity index (χ2v) is 11.7. The number of ether oxygens (including phenoxy) is 1. The van der Waals surface area contributed by atoms with Gasteiger partial charge in [0.15, 0.2) is 5.52 Å². The van der Waals surface area contributed by atoms with E-state index < -0.39 is 11.6 Å². The van der Waals surface area contributed by atoms with Crippen LogP contribution in [0.1, 0.15) is 5.56 Å². The molecule has 1 fully saturated rings. The molecule has 0 bridgehead atoms. The van der Waals surface area contributed by atoms with Crippen LogP contribution in [-0.4, -0.2) is 63.2 Å². The molecule has 202 valence electrons. The summed E-state index contributed by atoms with van der Waals surface area (Å²) >= 11 is 13.0. The number of fused-ring (bicyclic) bond motifs is 1. The predicted molar refractivity (Wildman–Crippen MR) is 154 cm³/mol. The smallest absolute Gasteiger partial charge is 0.295 e. The minimum absolute atomic E-state index is 0.0413. The van der Waals surface area contributed by atoms with Crippen molar-refractivity contribution < 1.29 is 32.8 Å². The summed E-state index contributed by atoms with van der Waals surface area (Å²) in [5, 5.41) is 33.1. The first kappa shape index (κ1) is 28.1. The van der Waals surface area contributed by atoms with Crippen LogP contribution in [-0.2, 0) is 4.74 Å². The Morgan fingerprint density at radius 3 is 2.05 bits per heavy atom. The molecular weight excluding hydrogens is 780 g/mol. The maximum atomic E-state index is 14.0. The maximum absolute atomic E-state index is 14.0. The third kappa shape index (κ3) is 5.73. The fourth-order valence-corrected chi connectivity index (χ4v) is 7.04. The van der Waals surface area contributed by atoms with E-state index in [-0.39, 0.29) is 35.0 Å². The summed E-state index contributed by atoms with van der Waals surface area (Å²) in [6.45, 7) is 2.14. The number of aromatic nitrogens is 2. The Bertz CT molecular complexity index is 1610. The van der Waals surface area contributed by atoms with E-state index in [2.05, 4.69) is 74.0 Å². The number of rotatable bonds is 5. The molecule has 0 radical (unpaired) electrons. The van der Waals surface area contributed by atoms with E-state index in [9.17, 15) is 19.2 Å². The monoisotopic (exact) mass is 792 g/mol. The molecule has 0 atom stereocenters. The molecule has 5 rings (SSSR count).